The van der Waals surface area contributed by atoms with Gasteiger partial charge >= 0.3 is 135 Å². The first kappa shape index (κ1) is 36.8. The Morgan fingerprint density at radius 2 is 0.444 bits per heavy atom. The van der Waals surface area contributed by atoms with E-state index < -0.39 is 50.2 Å². The van der Waals surface area contributed by atoms with Crippen molar-refractivity contribution in [1.82, 2.24) is 12.3 Å². The van der Waals surface area contributed by atoms with Crippen LogP contribution in [-0.2, 0) is 70.6 Å². The number of rotatable bonds is 0. The second kappa shape index (κ2) is 15.3. The summed E-state index contributed by atoms with van der Waals surface area (Å²) in [5.41, 5.74) is 0. The van der Waals surface area contributed by atoms with Crippen LogP contribution in [-0.4, -0.2) is 0 Å². The first-order valence-corrected chi connectivity index (χ1v) is 11.8. The molecular weight excluding hydrogens is 648 g/mol. The summed E-state index contributed by atoms with van der Waals surface area (Å²) in [5.74, 6) is 0. The topological polar surface area (TPSA) is 314 Å². The van der Waals surface area contributed by atoms with Crippen LogP contribution < -0.4 is 34.9 Å². The van der Waals surface area contributed by atoms with Crippen molar-refractivity contribution in [2.45, 2.75) is 0 Å². The molecule has 0 radical (unpaired) electrons. The van der Waals surface area contributed by atoms with E-state index in [4.69, 9.17) is 42.9 Å². The Balaban J connectivity index is -0.0000000277. The van der Waals surface area contributed by atoms with Crippen LogP contribution >= 0.6 is 0 Å². The molecule has 0 saturated carbocycles. The first-order chi connectivity index (χ1) is 6.00. The third-order valence-electron chi connectivity index (χ3n) is 0. The maximum atomic E-state index is 8.63. The van der Waals surface area contributed by atoms with E-state index in [9.17, 15) is 0 Å². The van der Waals surface area contributed by atoms with Gasteiger partial charge in [-0.3, -0.25) is 0 Å². The molecule has 0 unspecified atom stereocenters. The van der Waals surface area contributed by atoms with E-state index >= 15 is 0 Å². The van der Waals surface area contributed by atoms with Crippen molar-refractivity contribution in [1.29, 1.82) is 0 Å². The van der Waals surface area contributed by atoms with Gasteiger partial charge in [0.2, 0.25) is 0 Å². The predicted octanol–water partition coefficient (Wildman–Crippen LogP) is -7.10. The molecule has 0 atom stereocenters. The van der Waals surface area contributed by atoms with Gasteiger partial charge in [-0.15, -0.1) is 0 Å². The fraction of sp³-hybridized carbons (Fsp3) is 0. The van der Waals surface area contributed by atoms with Gasteiger partial charge in [0.05, 0.1) is 0 Å². The molecule has 0 aliphatic heterocycles. The summed E-state index contributed by atoms with van der Waals surface area (Å²) in [5, 5.41) is 0. The van der Waals surface area contributed by atoms with Gasteiger partial charge in [-0.25, -0.2) is 0 Å². The van der Waals surface area contributed by atoms with Crippen molar-refractivity contribution in [2.75, 3.05) is 0 Å². The van der Waals surface area contributed by atoms with Crippen molar-refractivity contribution in [3.8, 4) is 0 Å². The second-order valence-corrected chi connectivity index (χ2v) is 7.25. The molecule has 112 valence electrons. The Hall–Kier alpha value is 1.92. The summed E-state index contributed by atoms with van der Waals surface area (Å²) in [7, 11) is 0. The Morgan fingerprint density at radius 3 is 0.444 bits per heavy atom. The zero-order valence-electron chi connectivity index (χ0n) is 8.62. The number of quaternary nitrogens is 2. The first-order valence-electron chi connectivity index (χ1n) is 2.00. The summed E-state index contributed by atoms with van der Waals surface area (Å²) >= 11 is -18.1. The van der Waals surface area contributed by atoms with Crippen LogP contribution in [0.3, 0.4) is 0 Å². The Kier molecular flexibility index (Phi) is 31.3. The molecule has 0 aliphatic rings. The van der Waals surface area contributed by atoms with Gasteiger partial charge in [0.25, 0.3) is 0 Å². The normalized spacial score (nSPS) is 9.67. The van der Waals surface area contributed by atoms with E-state index in [1.54, 1.807) is 0 Å². The molecule has 18 heavy (non-hydrogen) atoms. The molecule has 8 N–H and O–H groups in total. The van der Waals surface area contributed by atoms with Gasteiger partial charge in [0, 0.05) is 0 Å². The SMILES string of the molecule is [Ce+4].[NH4+].[NH4+].[O]=[Mo](=[O])([O-])[O-].[O]=[Mo](=[O])([O-])[O-].[O]=[Mo](=[O])([O-])[O-]. The van der Waals surface area contributed by atoms with Crippen molar-refractivity contribution >= 4 is 0 Å². The molecule has 0 amide bonds. The molecular formula is H8CeMo3N2O12. The minimum atomic E-state index is -6.02. The Bertz CT molecular complexity index is 346. The van der Waals surface area contributed by atoms with Crippen LogP contribution in [0.5, 0.6) is 0 Å². The third-order valence-corrected chi connectivity index (χ3v) is 0. The molecule has 14 nitrogen and oxygen atoms in total. The van der Waals surface area contributed by atoms with Crippen LogP contribution in [0, 0.1) is 41.7 Å². The molecule has 0 bridgehead atoms. The molecule has 0 aromatic carbocycles. The number of hydrogen-bond acceptors (Lipinski definition) is 12. The standard InChI is InChI=1S/Ce.3Mo.2H3N.12O/h;;;;2*1H3;;;;;;;;;;;;/q+4;;;;;;;;;;;;6*-1/p+2. The van der Waals surface area contributed by atoms with Crippen molar-refractivity contribution in [3.05, 3.63) is 0 Å². The minimum absolute atomic E-state index is 0. The van der Waals surface area contributed by atoms with Crippen LogP contribution in [0.15, 0.2) is 0 Å². The average molecular weight is 656 g/mol. The molecule has 0 saturated heterocycles. The molecule has 0 aromatic rings. The van der Waals surface area contributed by atoms with Crippen LogP contribution in [0.1, 0.15) is 0 Å². The number of hydrogen-bond donors (Lipinski definition) is 2. The van der Waals surface area contributed by atoms with E-state index in [2.05, 4.69) is 0 Å². The summed E-state index contributed by atoms with van der Waals surface area (Å²) in [6.45, 7) is 0. The molecule has 0 aromatic heterocycles. The van der Waals surface area contributed by atoms with Gasteiger partial charge in [-0.1, -0.05) is 0 Å². The Labute approximate surface area is 145 Å². The second-order valence-electron chi connectivity index (χ2n) is 1.22. The monoisotopic (exact) mass is 662 g/mol. The van der Waals surface area contributed by atoms with Crippen LogP contribution in [0.25, 0.3) is 0 Å². The zero-order valence-corrected chi connectivity index (χ0v) is 17.8. The van der Waals surface area contributed by atoms with Gasteiger partial charge in [-0.05, 0) is 0 Å². The fourth-order valence-electron chi connectivity index (χ4n) is 0. The Morgan fingerprint density at radius 1 is 0.444 bits per heavy atom. The molecule has 0 spiro atoms. The van der Waals surface area contributed by atoms with Crippen molar-refractivity contribution in [3.63, 3.8) is 0 Å². The quantitative estimate of drug-likeness (QED) is 0.230. The summed E-state index contributed by atoms with van der Waals surface area (Å²) in [6, 6.07) is 0. The van der Waals surface area contributed by atoms with E-state index in [1.807, 2.05) is 0 Å². The molecule has 0 aliphatic carbocycles. The van der Waals surface area contributed by atoms with Crippen LogP contribution in [0.2, 0.25) is 0 Å². The average Bonchev–Trinajstić information content (AvgIpc) is 1.41. The van der Waals surface area contributed by atoms with Crippen molar-refractivity contribution in [2.24, 2.45) is 0 Å². The third kappa shape index (κ3) is 1390. The summed E-state index contributed by atoms with van der Waals surface area (Å²) < 4.78 is 104. The van der Waals surface area contributed by atoms with Gasteiger partial charge in [0.15, 0.2) is 0 Å². The fourth-order valence-corrected chi connectivity index (χ4v) is 0. The van der Waals surface area contributed by atoms with E-state index in [-0.39, 0.29) is 54.0 Å². The summed E-state index contributed by atoms with van der Waals surface area (Å²) in [4.78, 5) is 0. The molecule has 18 heteroatoms. The van der Waals surface area contributed by atoms with Crippen molar-refractivity contribution < 1.29 is 135 Å². The van der Waals surface area contributed by atoms with Crippen LogP contribution in [0.4, 0.5) is 0 Å². The van der Waals surface area contributed by atoms with Gasteiger partial charge in [0.1, 0.15) is 0 Å². The van der Waals surface area contributed by atoms with E-state index in [0.29, 0.717) is 0 Å². The zero-order chi connectivity index (χ0) is 13.5. The molecule has 0 fully saturated rings. The molecule has 0 rings (SSSR count). The summed E-state index contributed by atoms with van der Waals surface area (Å²) in [6.07, 6.45) is 0. The van der Waals surface area contributed by atoms with E-state index in [1.165, 1.54) is 0 Å². The predicted molar refractivity (Wildman–Crippen MR) is 16.1 cm³/mol. The van der Waals surface area contributed by atoms with E-state index in [0.717, 1.165) is 0 Å². The molecule has 0 heterocycles. The van der Waals surface area contributed by atoms with Gasteiger partial charge in [-0.2, -0.15) is 0 Å². The van der Waals surface area contributed by atoms with Gasteiger partial charge < -0.3 is 12.3 Å². The maximum absolute atomic E-state index is 8.63.